The topological polar surface area (TPSA) is 54.0 Å². The highest BCUT2D eigenvalue weighted by atomic mass is 35.5. The van der Waals surface area contributed by atoms with Crippen LogP contribution in [0, 0.1) is 5.92 Å². The van der Waals surface area contributed by atoms with E-state index in [0.29, 0.717) is 12.2 Å². The van der Waals surface area contributed by atoms with Gasteiger partial charge in [0.05, 0.1) is 10.6 Å². The summed E-state index contributed by atoms with van der Waals surface area (Å²) in [5.41, 5.74) is 0.627. The van der Waals surface area contributed by atoms with Crippen molar-refractivity contribution < 1.29 is 18.0 Å². The molecule has 1 aliphatic carbocycles. The monoisotopic (exact) mass is 369 g/mol. The molecule has 2 N–H and O–H groups in total. The van der Waals surface area contributed by atoms with Gasteiger partial charge < -0.3 is 10.6 Å². The summed E-state index contributed by atoms with van der Waals surface area (Å²) in [4.78, 5) is 15.5. The summed E-state index contributed by atoms with van der Waals surface area (Å²) >= 11 is 5.86. The van der Waals surface area contributed by atoms with E-state index in [4.69, 9.17) is 11.6 Å². The van der Waals surface area contributed by atoms with Gasteiger partial charge in [-0.3, -0.25) is 4.79 Å². The number of hydrogen-bond acceptors (Lipinski definition) is 3. The van der Waals surface area contributed by atoms with Crippen molar-refractivity contribution in [1.82, 2.24) is 4.98 Å². The minimum absolute atomic E-state index is 0.0116. The minimum Gasteiger partial charge on any atom is -0.365 e. The van der Waals surface area contributed by atoms with Crippen molar-refractivity contribution in [2.24, 2.45) is 5.92 Å². The Morgan fingerprint density at radius 3 is 2.68 bits per heavy atom. The highest BCUT2D eigenvalue weighted by molar-refractivity contribution is 6.32. The van der Waals surface area contributed by atoms with Crippen molar-refractivity contribution in [1.29, 1.82) is 0 Å². The predicted molar refractivity (Wildman–Crippen MR) is 89.4 cm³/mol. The first-order valence-electron chi connectivity index (χ1n) is 7.69. The van der Waals surface area contributed by atoms with Crippen LogP contribution in [0.1, 0.15) is 24.0 Å². The number of nitrogens with zero attached hydrogens (tertiary/aromatic N) is 1. The molecule has 4 nitrogen and oxygen atoms in total. The molecule has 1 amide bonds. The predicted octanol–water partition coefficient (Wildman–Crippen LogP) is 4.71. The van der Waals surface area contributed by atoms with E-state index < -0.39 is 11.7 Å². The van der Waals surface area contributed by atoms with Gasteiger partial charge in [-0.25, -0.2) is 4.98 Å². The molecule has 132 valence electrons. The van der Waals surface area contributed by atoms with E-state index in [2.05, 4.69) is 15.6 Å². The fourth-order valence-corrected chi connectivity index (χ4v) is 2.49. The van der Waals surface area contributed by atoms with Gasteiger partial charge in [0.1, 0.15) is 5.82 Å². The summed E-state index contributed by atoms with van der Waals surface area (Å²) in [6.45, 7) is 0.311. The van der Waals surface area contributed by atoms with E-state index in [0.717, 1.165) is 30.7 Å². The summed E-state index contributed by atoms with van der Waals surface area (Å²) in [6.07, 6.45) is -1.90. The second-order valence-electron chi connectivity index (χ2n) is 5.87. The maximum Gasteiger partial charge on any atom is 0.417 e. The Bertz CT molecular complexity index is 791. The molecule has 0 atom stereocenters. The fourth-order valence-electron chi connectivity index (χ4n) is 2.26. The van der Waals surface area contributed by atoms with Crippen molar-refractivity contribution in [2.45, 2.75) is 25.6 Å². The Kier molecular flexibility index (Phi) is 4.85. The third-order valence-electron chi connectivity index (χ3n) is 3.77. The molecule has 0 aliphatic heterocycles. The Labute approximate surface area is 147 Å². The van der Waals surface area contributed by atoms with Crippen LogP contribution in [0.2, 0.25) is 5.02 Å². The van der Waals surface area contributed by atoms with Gasteiger partial charge >= 0.3 is 6.18 Å². The lowest BCUT2D eigenvalue weighted by Crippen LogP contribution is -2.13. The first-order chi connectivity index (χ1) is 11.8. The first kappa shape index (κ1) is 17.5. The zero-order chi connectivity index (χ0) is 18.0. The Hall–Kier alpha value is -2.28. The van der Waals surface area contributed by atoms with E-state index in [1.807, 2.05) is 6.07 Å². The van der Waals surface area contributed by atoms with Crippen LogP contribution in [0.15, 0.2) is 36.5 Å². The normalized spacial score (nSPS) is 14.2. The number of halogens is 4. The molecule has 1 aromatic heterocycles. The second kappa shape index (κ2) is 6.92. The molecule has 0 radical (unpaired) electrons. The number of benzene rings is 1. The van der Waals surface area contributed by atoms with Crippen LogP contribution in [0.4, 0.5) is 24.7 Å². The molecule has 1 aromatic carbocycles. The van der Waals surface area contributed by atoms with Crippen LogP contribution in [-0.2, 0) is 17.5 Å². The number of aromatic nitrogens is 1. The highest BCUT2D eigenvalue weighted by Gasteiger charge is 2.31. The zero-order valence-electron chi connectivity index (χ0n) is 13.0. The summed E-state index contributed by atoms with van der Waals surface area (Å²) in [6, 6.07) is 8.04. The van der Waals surface area contributed by atoms with Crippen molar-refractivity contribution in [3.05, 3.63) is 52.7 Å². The van der Waals surface area contributed by atoms with Gasteiger partial charge in [0, 0.05) is 24.3 Å². The van der Waals surface area contributed by atoms with E-state index in [-0.39, 0.29) is 22.7 Å². The lowest BCUT2D eigenvalue weighted by molar-refractivity contribution is -0.137. The first-order valence-corrected chi connectivity index (χ1v) is 8.07. The van der Waals surface area contributed by atoms with Crippen molar-refractivity contribution in [3.8, 4) is 0 Å². The average Bonchev–Trinajstić information content (AvgIpc) is 3.38. The quantitative estimate of drug-likeness (QED) is 0.802. The molecule has 0 saturated heterocycles. The molecule has 3 rings (SSSR count). The van der Waals surface area contributed by atoms with Gasteiger partial charge in [0.25, 0.3) is 0 Å². The van der Waals surface area contributed by atoms with Crippen LogP contribution in [-0.4, -0.2) is 10.9 Å². The van der Waals surface area contributed by atoms with Crippen molar-refractivity contribution in [2.75, 3.05) is 10.6 Å². The van der Waals surface area contributed by atoms with Gasteiger partial charge in [-0.1, -0.05) is 23.7 Å². The van der Waals surface area contributed by atoms with Gasteiger partial charge in [0.15, 0.2) is 0 Å². The molecule has 1 saturated carbocycles. The maximum atomic E-state index is 12.6. The van der Waals surface area contributed by atoms with Crippen LogP contribution >= 0.6 is 11.6 Å². The molecule has 8 heteroatoms. The van der Waals surface area contributed by atoms with E-state index in [1.54, 1.807) is 18.2 Å². The SMILES string of the molecule is O=C(Nc1cccc(CNc2ncc(C(F)(F)F)cc2Cl)c1)C1CC1. The van der Waals surface area contributed by atoms with E-state index >= 15 is 0 Å². The second-order valence-corrected chi connectivity index (χ2v) is 6.28. The summed E-state index contributed by atoms with van der Waals surface area (Å²) in [5, 5.41) is 5.64. The number of amides is 1. The van der Waals surface area contributed by atoms with Crippen LogP contribution < -0.4 is 10.6 Å². The van der Waals surface area contributed by atoms with Gasteiger partial charge in [-0.15, -0.1) is 0 Å². The number of carbonyl (C=O) groups is 1. The average molecular weight is 370 g/mol. The maximum absolute atomic E-state index is 12.6. The molecule has 2 aromatic rings. The number of anilines is 2. The van der Waals surface area contributed by atoms with Crippen LogP contribution in [0.25, 0.3) is 0 Å². The van der Waals surface area contributed by atoms with Crippen molar-refractivity contribution in [3.63, 3.8) is 0 Å². The van der Waals surface area contributed by atoms with Crippen molar-refractivity contribution >= 4 is 29.0 Å². The summed E-state index contributed by atoms with van der Waals surface area (Å²) in [5.74, 6) is 0.289. The zero-order valence-corrected chi connectivity index (χ0v) is 13.8. The van der Waals surface area contributed by atoms with Crippen LogP contribution in [0.3, 0.4) is 0 Å². The summed E-state index contributed by atoms with van der Waals surface area (Å²) < 4.78 is 37.8. The molecule has 1 aliphatic rings. The number of rotatable bonds is 5. The molecule has 0 unspecified atom stereocenters. The largest absolute Gasteiger partial charge is 0.417 e. The molecule has 0 spiro atoms. The Morgan fingerprint density at radius 1 is 1.28 bits per heavy atom. The number of nitrogens with one attached hydrogen (secondary N) is 2. The number of carbonyl (C=O) groups excluding carboxylic acids is 1. The smallest absolute Gasteiger partial charge is 0.365 e. The standard InChI is InChI=1S/C17H15ClF3N3O/c18-14-7-12(17(19,20)21)9-23-15(14)22-8-10-2-1-3-13(6-10)24-16(25)11-4-5-11/h1-3,6-7,9,11H,4-5,8H2,(H,22,23)(H,24,25). The van der Waals surface area contributed by atoms with Gasteiger partial charge in [0.2, 0.25) is 5.91 Å². The van der Waals surface area contributed by atoms with Gasteiger partial charge in [-0.05, 0) is 36.6 Å². The molecule has 0 bridgehead atoms. The molecule has 25 heavy (non-hydrogen) atoms. The van der Waals surface area contributed by atoms with Crippen LogP contribution in [0.5, 0.6) is 0 Å². The third kappa shape index (κ3) is 4.63. The lowest BCUT2D eigenvalue weighted by Gasteiger charge is -2.11. The molecule has 1 heterocycles. The molecule has 1 fully saturated rings. The Balaban J connectivity index is 1.64. The Morgan fingerprint density at radius 2 is 2.04 bits per heavy atom. The fraction of sp³-hybridized carbons (Fsp3) is 0.294. The number of hydrogen-bond donors (Lipinski definition) is 2. The summed E-state index contributed by atoms with van der Waals surface area (Å²) in [7, 11) is 0. The molecular weight excluding hydrogens is 355 g/mol. The number of pyridine rings is 1. The van der Waals surface area contributed by atoms with Gasteiger partial charge in [-0.2, -0.15) is 13.2 Å². The highest BCUT2D eigenvalue weighted by Crippen LogP contribution is 2.32. The van der Waals surface area contributed by atoms with E-state index in [1.165, 1.54) is 0 Å². The van der Waals surface area contributed by atoms with E-state index in [9.17, 15) is 18.0 Å². The minimum atomic E-state index is -4.48. The number of alkyl halides is 3. The molecular formula is C17H15ClF3N3O. The third-order valence-corrected chi connectivity index (χ3v) is 4.06. The lowest BCUT2D eigenvalue weighted by atomic mass is 10.2.